The Kier molecular flexibility index (Phi) is 4.64. The molecule has 2 aromatic rings. The molecule has 0 atom stereocenters. The van der Waals surface area contributed by atoms with E-state index in [-0.39, 0.29) is 12.5 Å². The number of anilines is 1. The maximum Gasteiger partial charge on any atom is 0.262 e. The number of carbonyl (C=O) groups is 1. The van der Waals surface area contributed by atoms with Gasteiger partial charge in [-0.25, -0.2) is 0 Å². The lowest BCUT2D eigenvalue weighted by molar-refractivity contribution is -0.118. The van der Waals surface area contributed by atoms with E-state index in [1.165, 1.54) is 0 Å². The van der Waals surface area contributed by atoms with Crippen LogP contribution in [0.15, 0.2) is 42.5 Å². The molecule has 0 saturated heterocycles. The maximum atomic E-state index is 11.8. The number of hydrogen-bond acceptors (Lipinski definition) is 2. The molecule has 0 spiro atoms. The van der Waals surface area contributed by atoms with E-state index in [9.17, 15) is 4.79 Å². The van der Waals surface area contributed by atoms with Crippen LogP contribution in [0.1, 0.15) is 11.1 Å². The topological polar surface area (TPSA) is 38.3 Å². The van der Waals surface area contributed by atoms with Crippen LogP contribution in [0.4, 0.5) is 5.69 Å². The van der Waals surface area contributed by atoms with Crippen molar-refractivity contribution in [2.75, 3.05) is 11.9 Å². The van der Waals surface area contributed by atoms with Gasteiger partial charge in [0.05, 0.1) is 0 Å². The number of carbonyl (C=O) groups excluding carboxylic acids is 1. The van der Waals surface area contributed by atoms with Gasteiger partial charge in [-0.15, -0.1) is 0 Å². The summed E-state index contributed by atoms with van der Waals surface area (Å²) < 4.78 is 5.39. The number of ether oxygens (including phenoxy) is 1. The lowest BCUT2D eigenvalue weighted by Crippen LogP contribution is -2.20. The summed E-state index contributed by atoms with van der Waals surface area (Å²) in [5, 5.41) is 3.41. The zero-order valence-electron chi connectivity index (χ0n) is 11.4. The molecule has 0 aromatic heterocycles. The van der Waals surface area contributed by atoms with Gasteiger partial charge in [0.2, 0.25) is 0 Å². The molecular formula is C16H16ClNO2. The lowest BCUT2D eigenvalue weighted by Gasteiger charge is -2.10. The number of nitrogens with one attached hydrogen (secondary N) is 1. The monoisotopic (exact) mass is 289 g/mol. The fraction of sp³-hybridized carbons (Fsp3) is 0.188. The van der Waals surface area contributed by atoms with Crippen LogP contribution in [-0.2, 0) is 4.79 Å². The van der Waals surface area contributed by atoms with E-state index in [1.807, 2.05) is 32.0 Å². The number of halogens is 1. The first kappa shape index (κ1) is 14.4. The quantitative estimate of drug-likeness (QED) is 0.925. The highest BCUT2D eigenvalue weighted by Gasteiger charge is 2.06. The molecule has 2 aromatic carbocycles. The van der Waals surface area contributed by atoms with Crippen LogP contribution >= 0.6 is 11.6 Å². The number of aryl methyl sites for hydroxylation is 2. The van der Waals surface area contributed by atoms with Crippen molar-refractivity contribution in [3.05, 3.63) is 58.6 Å². The Morgan fingerprint density at radius 1 is 1.20 bits per heavy atom. The minimum atomic E-state index is -0.197. The van der Waals surface area contributed by atoms with Crippen molar-refractivity contribution < 1.29 is 9.53 Å². The summed E-state index contributed by atoms with van der Waals surface area (Å²) in [6, 6.07) is 12.8. The molecule has 0 radical (unpaired) electrons. The highest BCUT2D eigenvalue weighted by Crippen LogP contribution is 2.18. The van der Waals surface area contributed by atoms with E-state index in [0.717, 1.165) is 16.8 Å². The first-order valence-corrected chi connectivity index (χ1v) is 6.68. The van der Waals surface area contributed by atoms with Crippen molar-refractivity contribution in [1.29, 1.82) is 0 Å². The van der Waals surface area contributed by atoms with Crippen molar-refractivity contribution in [3.8, 4) is 5.75 Å². The van der Waals surface area contributed by atoms with E-state index < -0.39 is 0 Å². The second-order valence-electron chi connectivity index (χ2n) is 4.61. The summed E-state index contributed by atoms with van der Waals surface area (Å²) in [7, 11) is 0. The Morgan fingerprint density at radius 2 is 2.00 bits per heavy atom. The SMILES string of the molecule is Cc1ccc(NC(=O)COc2cccc(Cl)c2)c(C)c1. The molecule has 20 heavy (non-hydrogen) atoms. The highest BCUT2D eigenvalue weighted by atomic mass is 35.5. The van der Waals surface area contributed by atoms with E-state index in [0.29, 0.717) is 10.8 Å². The first-order chi connectivity index (χ1) is 9.54. The van der Waals surface area contributed by atoms with Gasteiger partial charge < -0.3 is 10.1 Å². The van der Waals surface area contributed by atoms with Gasteiger partial charge in [0.1, 0.15) is 5.75 Å². The standard InChI is InChI=1S/C16H16ClNO2/c1-11-6-7-15(12(2)8-11)18-16(19)10-20-14-5-3-4-13(17)9-14/h3-9H,10H2,1-2H3,(H,18,19). The number of rotatable bonds is 4. The number of hydrogen-bond donors (Lipinski definition) is 1. The molecule has 2 rings (SSSR count). The Morgan fingerprint density at radius 3 is 2.70 bits per heavy atom. The van der Waals surface area contributed by atoms with Crippen LogP contribution in [0, 0.1) is 13.8 Å². The Hall–Kier alpha value is -2.00. The molecule has 0 aliphatic rings. The first-order valence-electron chi connectivity index (χ1n) is 6.30. The van der Waals surface area contributed by atoms with Crippen molar-refractivity contribution in [2.24, 2.45) is 0 Å². The van der Waals surface area contributed by atoms with E-state index >= 15 is 0 Å². The molecule has 0 aliphatic carbocycles. The molecule has 0 bridgehead atoms. The summed E-state index contributed by atoms with van der Waals surface area (Å²) in [6.07, 6.45) is 0. The fourth-order valence-corrected chi connectivity index (χ4v) is 2.03. The summed E-state index contributed by atoms with van der Waals surface area (Å²) in [5.74, 6) is 0.380. The number of amides is 1. The van der Waals surface area contributed by atoms with Gasteiger partial charge in [-0.1, -0.05) is 35.4 Å². The third-order valence-corrected chi connectivity index (χ3v) is 3.06. The van der Waals surface area contributed by atoms with Gasteiger partial charge in [-0.3, -0.25) is 4.79 Å². The summed E-state index contributed by atoms with van der Waals surface area (Å²) >= 11 is 5.84. The van der Waals surface area contributed by atoms with Crippen LogP contribution in [0.3, 0.4) is 0 Å². The Balaban J connectivity index is 1.92. The molecular weight excluding hydrogens is 274 g/mol. The third-order valence-electron chi connectivity index (χ3n) is 2.82. The Bertz CT molecular complexity index is 626. The molecule has 4 heteroatoms. The molecule has 0 fully saturated rings. The molecule has 1 N–H and O–H groups in total. The molecule has 3 nitrogen and oxygen atoms in total. The largest absolute Gasteiger partial charge is 0.484 e. The number of benzene rings is 2. The van der Waals surface area contributed by atoms with Gasteiger partial charge >= 0.3 is 0 Å². The average molecular weight is 290 g/mol. The van der Waals surface area contributed by atoms with Gasteiger partial charge in [-0.05, 0) is 43.7 Å². The summed E-state index contributed by atoms with van der Waals surface area (Å²) in [4.78, 5) is 11.8. The maximum absolute atomic E-state index is 11.8. The van der Waals surface area contributed by atoms with Crippen molar-refractivity contribution >= 4 is 23.2 Å². The van der Waals surface area contributed by atoms with Crippen molar-refractivity contribution in [1.82, 2.24) is 0 Å². The smallest absolute Gasteiger partial charge is 0.262 e. The van der Waals surface area contributed by atoms with Crippen LogP contribution in [0.5, 0.6) is 5.75 Å². The average Bonchev–Trinajstić information content (AvgIpc) is 2.40. The molecule has 0 heterocycles. The van der Waals surface area contributed by atoms with Gasteiger partial charge in [0.25, 0.3) is 5.91 Å². The second kappa shape index (κ2) is 6.44. The Labute approximate surface area is 123 Å². The zero-order valence-corrected chi connectivity index (χ0v) is 12.2. The predicted molar refractivity (Wildman–Crippen MR) is 81.5 cm³/mol. The van der Waals surface area contributed by atoms with Crippen LogP contribution in [0.2, 0.25) is 5.02 Å². The lowest BCUT2D eigenvalue weighted by atomic mass is 10.1. The molecule has 104 valence electrons. The molecule has 0 aliphatic heterocycles. The van der Waals surface area contributed by atoms with E-state index in [4.69, 9.17) is 16.3 Å². The van der Waals surface area contributed by atoms with Crippen LogP contribution < -0.4 is 10.1 Å². The molecule has 0 saturated carbocycles. The van der Waals surface area contributed by atoms with Gasteiger partial charge in [-0.2, -0.15) is 0 Å². The third kappa shape index (κ3) is 4.00. The molecule has 1 amide bonds. The fourth-order valence-electron chi connectivity index (χ4n) is 1.85. The second-order valence-corrected chi connectivity index (χ2v) is 5.05. The zero-order chi connectivity index (χ0) is 14.5. The van der Waals surface area contributed by atoms with Gasteiger partial charge in [0.15, 0.2) is 6.61 Å². The predicted octanol–water partition coefficient (Wildman–Crippen LogP) is 3.97. The minimum absolute atomic E-state index is 0.0480. The van der Waals surface area contributed by atoms with E-state index in [2.05, 4.69) is 5.32 Å². The van der Waals surface area contributed by atoms with Gasteiger partial charge in [0, 0.05) is 10.7 Å². The van der Waals surface area contributed by atoms with E-state index in [1.54, 1.807) is 24.3 Å². The normalized spacial score (nSPS) is 10.2. The minimum Gasteiger partial charge on any atom is -0.484 e. The summed E-state index contributed by atoms with van der Waals surface area (Å²) in [5.41, 5.74) is 2.99. The summed E-state index contributed by atoms with van der Waals surface area (Å²) in [6.45, 7) is 3.93. The van der Waals surface area contributed by atoms with Crippen LogP contribution in [-0.4, -0.2) is 12.5 Å². The van der Waals surface area contributed by atoms with Crippen molar-refractivity contribution in [3.63, 3.8) is 0 Å². The van der Waals surface area contributed by atoms with Crippen LogP contribution in [0.25, 0.3) is 0 Å². The van der Waals surface area contributed by atoms with Crippen molar-refractivity contribution in [2.45, 2.75) is 13.8 Å². The highest BCUT2D eigenvalue weighted by molar-refractivity contribution is 6.30. The molecule has 0 unspecified atom stereocenters.